The third-order valence-electron chi connectivity index (χ3n) is 4.64. The van der Waals surface area contributed by atoms with Crippen LogP contribution in [0.5, 0.6) is 0 Å². The fourth-order valence-electron chi connectivity index (χ4n) is 3.41. The molecule has 0 bridgehead atoms. The Labute approximate surface area is 154 Å². The quantitative estimate of drug-likeness (QED) is 0.806. The minimum absolute atomic E-state index is 0.00884. The number of oxazole rings is 1. The van der Waals surface area contributed by atoms with Gasteiger partial charge in [-0.15, -0.1) is 0 Å². The van der Waals surface area contributed by atoms with Gasteiger partial charge in [0.25, 0.3) is 0 Å². The molecule has 1 aliphatic heterocycles. The topological polar surface area (TPSA) is 46.3 Å². The average Bonchev–Trinajstić information content (AvgIpc) is 3.02. The molecule has 0 unspecified atom stereocenters. The second kappa shape index (κ2) is 7.60. The van der Waals surface area contributed by atoms with Crippen molar-refractivity contribution in [3.8, 4) is 0 Å². The van der Waals surface area contributed by atoms with Gasteiger partial charge in [-0.2, -0.15) is 0 Å². The van der Waals surface area contributed by atoms with E-state index in [1.165, 1.54) is 12.1 Å². The highest BCUT2D eigenvalue weighted by Gasteiger charge is 2.29. The van der Waals surface area contributed by atoms with E-state index in [0.29, 0.717) is 25.3 Å². The summed E-state index contributed by atoms with van der Waals surface area (Å²) in [5.41, 5.74) is 0.851. The van der Waals surface area contributed by atoms with Crippen molar-refractivity contribution < 1.29 is 13.6 Å². The Morgan fingerprint density at radius 2 is 2.19 bits per heavy atom. The van der Waals surface area contributed by atoms with E-state index in [1.54, 1.807) is 12.3 Å². The number of nitrogens with zero attached hydrogens (tertiary/aromatic N) is 2. The van der Waals surface area contributed by atoms with Crippen LogP contribution in [-0.4, -0.2) is 28.9 Å². The van der Waals surface area contributed by atoms with E-state index >= 15 is 0 Å². The van der Waals surface area contributed by atoms with Gasteiger partial charge in [0, 0.05) is 25.9 Å². The van der Waals surface area contributed by atoms with Crippen LogP contribution in [0, 0.1) is 11.2 Å². The summed E-state index contributed by atoms with van der Waals surface area (Å²) in [7, 11) is 0. The highest BCUT2D eigenvalue weighted by Crippen LogP contribution is 2.29. The van der Waals surface area contributed by atoms with Crippen molar-refractivity contribution in [3.05, 3.63) is 53.5 Å². The summed E-state index contributed by atoms with van der Waals surface area (Å²) in [4.78, 5) is 18.9. The number of piperidine rings is 1. The Bertz CT molecular complexity index is 763. The van der Waals surface area contributed by atoms with Crippen LogP contribution in [-0.2, 0) is 11.2 Å². The van der Waals surface area contributed by atoms with Gasteiger partial charge in [0.05, 0.1) is 12.1 Å². The van der Waals surface area contributed by atoms with Gasteiger partial charge in [-0.05, 0) is 36.0 Å². The number of aromatic nitrogens is 1. The number of hydrogen-bond acceptors (Lipinski definition) is 3. The first-order chi connectivity index (χ1) is 12.3. The molecule has 26 heavy (non-hydrogen) atoms. The third-order valence-corrected chi connectivity index (χ3v) is 4.64. The van der Waals surface area contributed by atoms with E-state index in [0.717, 1.165) is 30.7 Å². The minimum Gasteiger partial charge on any atom is -0.445 e. The molecule has 0 saturated carbocycles. The molecule has 1 fully saturated rings. The molecule has 0 aliphatic carbocycles. The zero-order valence-corrected chi connectivity index (χ0v) is 15.8. The van der Waals surface area contributed by atoms with Crippen molar-refractivity contribution in [2.75, 3.05) is 13.1 Å². The summed E-state index contributed by atoms with van der Waals surface area (Å²) in [6.07, 6.45) is 4.72. The van der Waals surface area contributed by atoms with Crippen molar-refractivity contribution in [1.29, 1.82) is 0 Å². The molecular weight excluding hydrogens is 331 g/mol. The van der Waals surface area contributed by atoms with Gasteiger partial charge in [0.2, 0.25) is 5.91 Å². The van der Waals surface area contributed by atoms with Crippen LogP contribution >= 0.6 is 0 Å². The second-order valence-corrected chi connectivity index (χ2v) is 8.39. The summed E-state index contributed by atoms with van der Waals surface area (Å²) < 4.78 is 19.2. The normalized spacial score (nSPS) is 18.2. The molecule has 0 radical (unpaired) electrons. The third kappa shape index (κ3) is 4.93. The van der Waals surface area contributed by atoms with E-state index in [2.05, 4.69) is 25.8 Å². The Balaban J connectivity index is 1.64. The lowest BCUT2D eigenvalue weighted by molar-refractivity contribution is -0.134. The predicted octanol–water partition coefficient (Wildman–Crippen LogP) is 4.55. The van der Waals surface area contributed by atoms with Crippen LogP contribution in [0.2, 0.25) is 0 Å². The second-order valence-electron chi connectivity index (χ2n) is 8.39. The lowest BCUT2D eigenvalue weighted by Gasteiger charge is -2.33. The van der Waals surface area contributed by atoms with Crippen LogP contribution in [0.15, 0.2) is 34.9 Å². The maximum atomic E-state index is 13.3. The number of halogens is 1. The molecule has 1 aromatic heterocycles. The van der Waals surface area contributed by atoms with E-state index in [1.807, 2.05) is 11.0 Å². The molecular formula is C21H27FN2O2. The Kier molecular flexibility index (Phi) is 5.44. The number of likely N-dealkylation sites (tertiary alicyclic amines) is 1. The number of carbonyl (C=O) groups is 1. The molecule has 1 saturated heterocycles. The van der Waals surface area contributed by atoms with Crippen LogP contribution in [0.4, 0.5) is 4.39 Å². The van der Waals surface area contributed by atoms with Gasteiger partial charge in [-0.3, -0.25) is 4.79 Å². The molecule has 1 atom stereocenters. The zero-order valence-electron chi connectivity index (χ0n) is 15.8. The summed E-state index contributed by atoms with van der Waals surface area (Å²) in [6.45, 7) is 7.72. The number of rotatable bonds is 4. The monoisotopic (exact) mass is 358 g/mol. The standard InChI is InChI=1S/C21H27FN2O2/c1-21(2,3)12-19(25)24-9-5-7-16(14-24)20-23-13-18(26-20)11-15-6-4-8-17(22)10-15/h4,6,8,10,13,16H,5,7,9,11-12,14H2,1-3H3/t16-/m1/s1. The largest absolute Gasteiger partial charge is 0.445 e. The highest BCUT2D eigenvalue weighted by molar-refractivity contribution is 5.77. The predicted molar refractivity (Wildman–Crippen MR) is 98.3 cm³/mol. The summed E-state index contributed by atoms with van der Waals surface area (Å²) in [5.74, 6) is 1.50. The van der Waals surface area contributed by atoms with Crippen LogP contribution in [0.25, 0.3) is 0 Å². The van der Waals surface area contributed by atoms with Crippen molar-refractivity contribution >= 4 is 5.91 Å². The van der Waals surface area contributed by atoms with Crippen LogP contribution in [0.3, 0.4) is 0 Å². The number of carbonyl (C=O) groups excluding carboxylic acids is 1. The van der Waals surface area contributed by atoms with Gasteiger partial charge >= 0.3 is 0 Å². The zero-order chi connectivity index (χ0) is 18.7. The first-order valence-corrected chi connectivity index (χ1v) is 9.27. The molecule has 0 spiro atoms. The highest BCUT2D eigenvalue weighted by atomic mass is 19.1. The van der Waals surface area contributed by atoms with E-state index in [9.17, 15) is 9.18 Å². The smallest absolute Gasteiger partial charge is 0.223 e. The van der Waals surface area contributed by atoms with Crippen LogP contribution < -0.4 is 0 Å². The first-order valence-electron chi connectivity index (χ1n) is 9.27. The molecule has 1 amide bonds. The lowest BCUT2D eigenvalue weighted by Crippen LogP contribution is -2.40. The molecule has 5 heteroatoms. The molecule has 2 aromatic rings. The summed E-state index contributed by atoms with van der Waals surface area (Å²) >= 11 is 0. The molecule has 1 aliphatic rings. The first kappa shape index (κ1) is 18.6. The van der Waals surface area contributed by atoms with Gasteiger partial charge in [0.1, 0.15) is 11.6 Å². The van der Waals surface area contributed by atoms with E-state index in [-0.39, 0.29) is 23.1 Å². The van der Waals surface area contributed by atoms with Crippen LogP contribution in [0.1, 0.15) is 63.2 Å². The van der Waals surface area contributed by atoms with E-state index in [4.69, 9.17) is 4.42 Å². The summed E-state index contributed by atoms with van der Waals surface area (Å²) in [5, 5.41) is 0. The van der Waals surface area contributed by atoms with Gasteiger partial charge in [-0.1, -0.05) is 32.9 Å². The Morgan fingerprint density at radius 1 is 1.38 bits per heavy atom. The molecule has 4 nitrogen and oxygen atoms in total. The molecule has 0 N–H and O–H groups in total. The Morgan fingerprint density at radius 3 is 2.92 bits per heavy atom. The Hall–Kier alpha value is -2.17. The number of hydrogen-bond donors (Lipinski definition) is 0. The van der Waals surface area contributed by atoms with Crippen molar-refractivity contribution in [3.63, 3.8) is 0 Å². The molecule has 3 rings (SSSR count). The van der Waals surface area contributed by atoms with Gasteiger partial charge in [0.15, 0.2) is 5.89 Å². The molecule has 140 valence electrons. The SMILES string of the molecule is CC(C)(C)CC(=O)N1CCC[C@@H](c2ncc(Cc3cccc(F)c3)o2)C1. The van der Waals surface area contributed by atoms with Gasteiger partial charge in [-0.25, -0.2) is 9.37 Å². The number of amides is 1. The van der Waals surface area contributed by atoms with Crippen molar-refractivity contribution in [2.24, 2.45) is 5.41 Å². The maximum Gasteiger partial charge on any atom is 0.223 e. The fourth-order valence-corrected chi connectivity index (χ4v) is 3.41. The van der Waals surface area contributed by atoms with Gasteiger partial charge < -0.3 is 9.32 Å². The van der Waals surface area contributed by atoms with E-state index < -0.39 is 0 Å². The number of benzene rings is 1. The lowest BCUT2D eigenvalue weighted by atomic mass is 9.90. The fraction of sp³-hybridized carbons (Fsp3) is 0.524. The maximum absolute atomic E-state index is 13.3. The average molecular weight is 358 g/mol. The van der Waals surface area contributed by atoms with Crippen molar-refractivity contribution in [2.45, 2.75) is 52.4 Å². The summed E-state index contributed by atoms with van der Waals surface area (Å²) in [6, 6.07) is 6.51. The van der Waals surface area contributed by atoms with Crippen molar-refractivity contribution in [1.82, 2.24) is 9.88 Å². The molecule has 2 heterocycles. The minimum atomic E-state index is -0.248. The molecule has 1 aromatic carbocycles.